The monoisotopic (exact) mass is 286 g/mol. The molecule has 0 bridgehead atoms. The SMILES string of the molecule is CCC1(C)C(=O)CC1c1ccc(OC2CCCCC2)cc1. The van der Waals surface area contributed by atoms with Crippen molar-refractivity contribution in [2.75, 3.05) is 0 Å². The Hall–Kier alpha value is -1.31. The molecule has 0 aliphatic heterocycles. The summed E-state index contributed by atoms with van der Waals surface area (Å²) in [7, 11) is 0. The van der Waals surface area contributed by atoms with Crippen LogP contribution < -0.4 is 4.74 Å². The molecule has 1 aromatic rings. The predicted molar refractivity (Wildman–Crippen MR) is 84.7 cm³/mol. The summed E-state index contributed by atoms with van der Waals surface area (Å²) in [6.07, 6.45) is 8.34. The van der Waals surface area contributed by atoms with Crippen molar-refractivity contribution in [2.45, 2.75) is 70.8 Å². The van der Waals surface area contributed by atoms with Crippen molar-refractivity contribution in [3.8, 4) is 5.75 Å². The molecule has 1 aromatic carbocycles. The standard InChI is InChI=1S/C19H26O2/c1-3-19(2)17(13-18(19)20)14-9-11-16(12-10-14)21-15-7-5-4-6-8-15/h9-12,15,17H,3-8,13H2,1-2H3. The highest BCUT2D eigenvalue weighted by Crippen LogP contribution is 2.52. The highest BCUT2D eigenvalue weighted by molar-refractivity contribution is 5.93. The molecular formula is C19H26O2. The van der Waals surface area contributed by atoms with Crippen molar-refractivity contribution in [3.63, 3.8) is 0 Å². The third kappa shape index (κ3) is 2.73. The first-order valence-corrected chi connectivity index (χ1v) is 8.43. The summed E-state index contributed by atoms with van der Waals surface area (Å²) in [5.74, 6) is 1.78. The Morgan fingerprint density at radius 3 is 2.38 bits per heavy atom. The second-order valence-corrected chi connectivity index (χ2v) is 6.90. The van der Waals surface area contributed by atoms with Gasteiger partial charge >= 0.3 is 0 Å². The van der Waals surface area contributed by atoms with E-state index in [2.05, 4.69) is 38.1 Å². The molecule has 2 nitrogen and oxygen atoms in total. The van der Waals surface area contributed by atoms with Crippen molar-refractivity contribution in [1.82, 2.24) is 0 Å². The van der Waals surface area contributed by atoms with Gasteiger partial charge in [0.15, 0.2) is 0 Å². The number of hydrogen-bond donors (Lipinski definition) is 0. The van der Waals surface area contributed by atoms with E-state index in [-0.39, 0.29) is 5.41 Å². The zero-order chi connectivity index (χ0) is 14.9. The van der Waals surface area contributed by atoms with Gasteiger partial charge in [0.05, 0.1) is 6.10 Å². The maximum atomic E-state index is 11.9. The van der Waals surface area contributed by atoms with Gasteiger partial charge in [-0.1, -0.05) is 32.4 Å². The van der Waals surface area contributed by atoms with Gasteiger partial charge < -0.3 is 4.74 Å². The predicted octanol–water partition coefficient (Wildman–Crippen LogP) is 4.87. The molecule has 0 aromatic heterocycles. The lowest BCUT2D eigenvalue weighted by atomic mass is 9.56. The molecule has 21 heavy (non-hydrogen) atoms. The molecule has 2 saturated carbocycles. The molecule has 2 fully saturated rings. The van der Waals surface area contributed by atoms with Gasteiger partial charge in [0.25, 0.3) is 0 Å². The summed E-state index contributed by atoms with van der Waals surface area (Å²) in [5, 5.41) is 0. The Balaban J connectivity index is 1.65. The maximum Gasteiger partial charge on any atom is 0.140 e. The number of benzene rings is 1. The quantitative estimate of drug-likeness (QED) is 0.789. The second-order valence-electron chi connectivity index (χ2n) is 6.90. The van der Waals surface area contributed by atoms with Crippen molar-refractivity contribution >= 4 is 5.78 Å². The van der Waals surface area contributed by atoms with E-state index >= 15 is 0 Å². The minimum Gasteiger partial charge on any atom is -0.490 e. The number of carbonyl (C=O) groups excluding carboxylic acids is 1. The first-order chi connectivity index (χ1) is 10.1. The Bertz CT molecular complexity index is 499. The van der Waals surface area contributed by atoms with E-state index in [0.29, 0.717) is 24.2 Å². The van der Waals surface area contributed by atoms with Crippen LogP contribution in [-0.2, 0) is 4.79 Å². The average Bonchev–Trinajstić information content (AvgIpc) is 2.53. The Kier molecular flexibility index (Phi) is 4.05. The number of ether oxygens (including phenoxy) is 1. The first-order valence-electron chi connectivity index (χ1n) is 8.43. The molecular weight excluding hydrogens is 260 g/mol. The van der Waals surface area contributed by atoms with Crippen LogP contribution >= 0.6 is 0 Å². The van der Waals surface area contributed by atoms with E-state index in [4.69, 9.17) is 4.74 Å². The molecule has 0 radical (unpaired) electrons. The summed E-state index contributed by atoms with van der Waals surface area (Å²) >= 11 is 0. The number of carbonyl (C=O) groups is 1. The third-order valence-corrected chi connectivity index (χ3v) is 5.67. The van der Waals surface area contributed by atoms with Crippen LogP contribution in [0.5, 0.6) is 5.75 Å². The molecule has 0 heterocycles. The van der Waals surface area contributed by atoms with E-state index in [1.54, 1.807) is 0 Å². The molecule has 2 aliphatic carbocycles. The number of hydrogen-bond acceptors (Lipinski definition) is 2. The zero-order valence-electron chi connectivity index (χ0n) is 13.2. The molecule has 2 unspecified atom stereocenters. The maximum absolute atomic E-state index is 11.9. The third-order valence-electron chi connectivity index (χ3n) is 5.67. The molecule has 0 N–H and O–H groups in total. The molecule has 2 atom stereocenters. The van der Waals surface area contributed by atoms with Crippen molar-refractivity contribution in [3.05, 3.63) is 29.8 Å². The Morgan fingerprint density at radius 2 is 1.81 bits per heavy atom. The Morgan fingerprint density at radius 1 is 1.14 bits per heavy atom. The topological polar surface area (TPSA) is 26.3 Å². The number of Topliss-reactive ketones (excluding diaryl/α,β-unsaturated/α-hetero) is 1. The van der Waals surface area contributed by atoms with E-state index in [9.17, 15) is 4.79 Å². The fraction of sp³-hybridized carbons (Fsp3) is 0.632. The van der Waals surface area contributed by atoms with Gasteiger partial charge in [-0.25, -0.2) is 0 Å². The molecule has 2 aliphatic rings. The van der Waals surface area contributed by atoms with Crippen molar-refractivity contribution in [1.29, 1.82) is 0 Å². The molecule has 0 spiro atoms. The van der Waals surface area contributed by atoms with Crippen LogP contribution in [0.2, 0.25) is 0 Å². The normalized spacial score (nSPS) is 30.0. The second kappa shape index (κ2) is 5.82. The van der Waals surface area contributed by atoms with Gasteiger partial charge in [-0.2, -0.15) is 0 Å². The number of ketones is 1. The van der Waals surface area contributed by atoms with E-state index in [1.165, 1.54) is 37.7 Å². The summed E-state index contributed by atoms with van der Waals surface area (Å²) in [5.41, 5.74) is 1.14. The minimum atomic E-state index is -0.147. The summed E-state index contributed by atoms with van der Waals surface area (Å²) < 4.78 is 6.07. The highest BCUT2D eigenvalue weighted by Gasteiger charge is 2.49. The zero-order valence-corrected chi connectivity index (χ0v) is 13.2. The lowest BCUT2D eigenvalue weighted by molar-refractivity contribution is -0.139. The van der Waals surface area contributed by atoms with Crippen LogP contribution in [0.3, 0.4) is 0 Å². The van der Waals surface area contributed by atoms with Gasteiger partial charge in [0.2, 0.25) is 0 Å². The van der Waals surface area contributed by atoms with Gasteiger partial charge in [-0.15, -0.1) is 0 Å². The molecule has 2 heteroatoms. The van der Waals surface area contributed by atoms with Gasteiger partial charge in [0, 0.05) is 17.8 Å². The Labute approximate surface area is 127 Å². The van der Waals surface area contributed by atoms with Crippen molar-refractivity contribution < 1.29 is 9.53 Å². The first kappa shape index (κ1) is 14.6. The van der Waals surface area contributed by atoms with Crippen LogP contribution in [0.4, 0.5) is 0 Å². The lowest BCUT2D eigenvalue weighted by Crippen LogP contribution is -2.45. The highest BCUT2D eigenvalue weighted by atomic mass is 16.5. The fourth-order valence-electron chi connectivity index (χ4n) is 3.79. The van der Waals surface area contributed by atoms with Crippen molar-refractivity contribution in [2.24, 2.45) is 5.41 Å². The average molecular weight is 286 g/mol. The van der Waals surface area contributed by atoms with E-state index in [1.807, 2.05) is 0 Å². The van der Waals surface area contributed by atoms with Gasteiger partial charge in [0.1, 0.15) is 11.5 Å². The van der Waals surface area contributed by atoms with E-state index in [0.717, 1.165) is 12.2 Å². The smallest absolute Gasteiger partial charge is 0.140 e. The molecule has 0 amide bonds. The van der Waals surface area contributed by atoms with Crippen LogP contribution in [0.25, 0.3) is 0 Å². The van der Waals surface area contributed by atoms with Crippen LogP contribution in [0.1, 0.15) is 70.3 Å². The van der Waals surface area contributed by atoms with Crippen LogP contribution in [0, 0.1) is 5.41 Å². The lowest BCUT2D eigenvalue weighted by Gasteiger charge is -2.45. The number of rotatable bonds is 4. The fourth-order valence-corrected chi connectivity index (χ4v) is 3.79. The minimum absolute atomic E-state index is 0.147. The molecule has 114 valence electrons. The molecule has 0 saturated heterocycles. The van der Waals surface area contributed by atoms with Crippen LogP contribution in [0.15, 0.2) is 24.3 Å². The van der Waals surface area contributed by atoms with Gasteiger partial charge in [-0.05, 0) is 49.8 Å². The summed E-state index contributed by atoms with van der Waals surface area (Å²) in [6, 6.07) is 8.48. The summed E-state index contributed by atoms with van der Waals surface area (Å²) in [4.78, 5) is 11.9. The van der Waals surface area contributed by atoms with E-state index < -0.39 is 0 Å². The molecule has 3 rings (SSSR count). The van der Waals surface area contributed by atoms with Crippen LogP contribution in [-0.4, -0.2) is 11.9 Å². The largest absolute Gasteiger partial charge is 0.490 e. The summed E-state index contributed by atoms with van der Waals surface area (Å²) in [6.45, 7) is 4.22. The van der Waals surface area contributed by atoms with Gasteiger partial charge in [-0.3, -0.25) is 4.79 Å².